The van der Waals surface area contributed by atoms with Crippen LogP contribution in [0.15, 0.2) is 55.3 Å². The van der Waals surface area contributed by atoms with Gasteiger partial charge in [0.25, 0.3) is 5.91 Å². The third-order valence-corrected chi connectivity index (χ3v) is 2.78. The quantitative estimate of drug-likeness (QED) is 0.800. The first-order valence-electron chi connectivity index (χ1n) is 6.49. The average Bonchev–Trinajstić information content (AvgIpc) is 2.54. The largest absolute Gasteiger partial charge is 0.497 e. The van der Waals surface area contributed by atoms with Crippen molar-refractivity contribution in [3.8, 4) is 5.75 Å². The number of rotatable bonds is 6. The molecule has 5 heteroatoms. The molecule has 0 aliphatic heterocycles. The Morgan fingerprint density at radius 1 is 1.24 bits per heavy atom. The average molecular weight is 283 g/mol. The maximum Gasteiger partial charge on any atom is 0.270 e. The van der Waals surface area contributed by atoms with E-state index >= 15 is 0 Å². The summed E-state index contributed by atoms with van der Waals surface area (Å²) in [5.41, 5.74) is 2.10. The van der Waals surface area contributed by atoms with Crippen molar-refractivity contribution in [2.75, 3.05) is 19.0 Å². The van der Waals surface area contributed by atoms with Gasteiger partial charge in [0.05, 0.1) is 19.0 Å². The van der Waals surface area contributed by atoms with E-state index in [1.165, 1.54) is 0 Å². The molecule has 1 aromatic carbocycles. The number of benzene rings is 1. The van der Waals surface area contributed by atoms with Crippen molar-refractivity contribution < 1.29 is 9.53 Å². The van der Waals surface area contributed by atoms with Crippen LogP contribution in [0.1, 0.15) is 10.5 Å². The summed E-state index contributed by atoms with van der Waals surface area (Å²) in [5.74, 6) is 0.582. The van der Waals surface area contributed by atoms with E-state index in [9.17, 15) is 4.79 Å². The number of ether oxygens (including phenoxy) is 1. The summed E-state index contributed by atoms with van der Waals surface area (Å²) in [6, 6.07) is 11.0. The van der Waals surface area contributed by atoms with E-state index in [-0.39, 0.29) is 5.91 Å². The fraction of sp³-hybridized carbons (Fsp3) is 0.125. The number of hydrogen-bond donors (Lipinski definition) is 2. The Bertz CT molecular complexity index is 606. The van der Waals surface area contributed by atoms with Gasteiger partial charge in [-0.15, -0.1) is 6.58 Å². The minimum absolute atomic E-state index is 0.217. The number of pyridine rings is 1. The third kappa shape index (κ3) is 4.07. The lowest BCUT2D eigenvalue weighted by atomic mass is 10.2. The molecule has 0 aliphatic carbocycles. The molecule has 0 unspecified atom stereocenters. The molecular weight excluding hydrogens is 266 g/mol. The van der Waals surface area contributed by atoms with Crippen molar-refractivity contribution in [2.24, 2.45) is 0 Å². The van der Waals surface area contributed by atoms with Crippen molar-refractivity contribution in [1.29, 1.82) is 0 Å². The number of methoxy groups -OCH3 is 1. The molecule has 0 fully saturated rings. The monoisotopic (exact) mass is 283 g/mol. The molecule has 108 valence electrons. The van der Waals surface area contributed by atoms with Crippen molar-refractivity contribution in [3.63, 3.8) is 0 Å². The number of amides is 1. The van der Waals surface area contributed by atoms with Gasteiger partial charge in [0.2, 0.25) is 0 Å². The Morgan fingerprint density at radius 3 is 2.52 bits per heavy atom. The topological polar surface area (TPSA) is 63.2 Å². The predicted octanol–water partition coefficient (Wildman–Crippen LogP) is 2.75. The van der Waals surface area contributed by atoms with Gasteiger partial charge >= 0.3 is 0 Å². The summed E-state index contributed by atoms with van der Waals surface area (Å²) < 4.78 is 5.10. The van der Waals surface area contributed by atoms with Crippen LogP contribution in [0.25, 0.3) is 0 Å². The Labute approximate surface area is 123 Å². The van der Waals surface area contributed by atoms with Gasteiger partial charge in [-0.1, -0.05) is 6.08 Å². The molecule has 0 radical (unpaired) electrons. The lowest BCUT2D eigenvalue weighted by Gasteiger charge is -2.08. The molecule has 1 aromatic heterocycles. The van der Waals surface area contributed by atoms with Crippen LogP contribution in [0.4, 0.5) is 11.4 Å². The van der Waals surface area contributed by atoms with E-state index in [1.807, 2.05) is 24.3 Å². The summed E-state index contributed by atoms with van der Waals surface area (Å²) >= 11 is 0. The highest BCUT2D eigenvalue weighted by Gasteiger charge is 2.05. The molecular formula is C16H17N3O2. The first kappa shape index (κ1) is 14.6. The van der Waals surface area contributed by atoms with E-state index < -0.39 is 0 Å². The molecule has 2 rings (SSSR count). The van der Waals surface area contributed by atoms with E-state index in [2.05, 4.69) is 22.2 Å². The highest BCUT2D eigenvalue weighted by molar-refractivity contribution is 5.92. The van der Waals surface area contributed by atoms with E-state index in [4.69, 9.17) is 4.74 Å². The molecule has 2 aromatic rings. The van der Waals surface area contributed by atoms with Gasteiger partial charge in [0, 0.05) is 12.2 Å². The van der Waals surface area contributed by atoms with E-state index in [0.717, 1.165) is 17.1 Å². The first-order chi connectivity index (χ1) is 10.2. The number of carbonyl (C=O) groups excluding carboxylic acids is 1. The van der Waals surface area contributed by atoms with Crippen LogP contribution in [0.3, 0.4) is 0 Å². The van der Waals surface area contributed by atoms with E-state index in [1.54, 1.807) is 31.5 Å². The molecule has 0 spiro atoms. The van der Waals surface area contributed by atoms with Crippen LogP contribution in [-0.2, 0) is 0 Å². The van der Waals surface area contributed by atoms with Gasteiger partial charge < -0.3 is 15.4 Å². The summed E-state index contributed by atoms with van der Waals surface area (Å²) in [7, 11) is 1.63. The van der Waals surface area contributed by atoms with Gasteiger partial charge in [-0.25, -0.2) is 4.98 Å². The second kappa shape index (κ2) is 7.09. The van der Waals surface area contributed by atoms with Gasteiger partial charge in [-0.2, -0.15) is 0 Å². The SMILES string of the molecule is C=CCNC(=O)c1ccc(Nc2ccc(OC)cc2)cn1. The Kier molecular flexibility index (Phi) is 4.93. The van der Waals surface area contributed by atoms with Crippen LogP contribution in [0.5, 0.6) is 5.75 Å². The predicted molar refractivity (Wildman–Crippen MR) is 83.0 cm³/mol. The molecule has 0 saturated carbocycles. The van der Waals surface area contributed by atoms with Crippen LogP contribution < -0.4 is 15.4 Å². The van der Waals surface area contributed by atoms with Crippen molar-refractivity contribution in [2.45, 2.75) is 0 Å². The number of carbonyl (C=O) groups is 1. The summed E-state index contributed by atoms with van der Waals surface area (Å²) in [6.45, 7) is 3.97. The van der Waals surface area contributed by atoms with Gasteiger partial charge in [0.1, 0.15) is 11.4 Å². The van der Waals surface area contributed by atoms with Crippen LogP contribution in [0.2, 0.25) is 0 Å². The molecule has 0 aliphatic rings. The molecule has 1 heterocycles. The Hall–Kier alpha value is -2.82. The highest BCUT2D eigenvalue weighted by atomic mass is 16.5. The first-order valence-corrected chi connectivity index (χ1v) is 6.49. The minimum Gasteiger partial charge on any atom is -0.497 e. The van der Waals surface area contributed by atoms with Gasteiger partial charge in [-0.3, -0.25) is 4.79 Å². The lowest BCUT2D eigenvalue weighted by Crippen LogP contribution is -2.24. The summed E-state index contributed by atoms with van der Waals surface area (Å²) in [5, 5.41) is 5.88. The summed E-state index contributed by atoms with van der Waals surface area (Å²) in [4.78, 5) is 15.8. The van der Waals surface area contributed by atoms with Gasteiger partial charge in [0.15, 0.2) is 0 Å². The molecule has 5 nitrogen and oxygen atoms in total. The molecule has 21 heavy (non-hydrogen) atoms. The molecule has 1 amide bonds. The normalized spacial score (nSPS) is 9.76. The molecule has 0 atom stereocenters. The minimum atomic E-state index is -0.217. The number of hydrogen-bond acceptors (Lipinski definition) is 4. The smallest absolute Gasteiger partial charge is 0.270 e. The lowest BCUT2D eigenvalue weighted by molar-refractivity contribution is 0.0953. The second-order valence-corrected chi connectivity index (χ2v) is 4.28. The van der Waals surface area contributed by atoms with Crippen molar-refractivity contribution in [3.05, 3.63) is 60.9 Å². The zero-order valence-electron chi connectivity index (χ0n) is 11.8. The van der Waals surface area contributed by atoms with Crippen molar-refractivity contribution in [1.82, 2.24) is 10.3 Å². The zero-order chi connectivity index (χ0) is 15.1. The van der Waals surface area contributed by atoms with Crippen LogP contribution in [0, 0.1) is 0 Å². The van der Waals surface area contributed by atoms with E-state index in [0.29, 0.717) is 12.2 Å². The molecule has 0 saturated heterocycles. The fourth-order valence-electron chi connectivity index (χ4n) is 1.70. The maximum absolute atomic E-state index is 11.7. The summed E-state index contributed by atoms with van der Waals surface area (Å²) in [6.07, 6.45) is 3.24. The van der Waals surface area contributed by atoms with Crippen LogP contribution in [-0.4, -0.2) is 24.5 Å². The molecule has 0 bridgehead atoms. The number of nitrogens with one attached hydrogen (secondary N) is 2. The second-order valence-electron chi connectivity index (χ2n) is 4.28. The standard InChI is InChI=1S/C16H17N3O2/c1-3-10-17-16(20)15-9-6-13(11-18-15)19-12-4-7-14(21-2)8-5-12/h3-9,11,19H,1,10H2,2H3,(H,17,20). The number of anilines is 2. The Balaban J connectivity index is 2.01. The molecule has 2 N–H and O–H groups in total. The fourth-order valence-corrected chi connectivity index (χ4v) is 1.70. The Morgan fingerprint density at radius 2 is 1.95 bits per heavy atom. The van der Waals surface area contributed by atoms with Crippen LogP contribution >= 0.6 is 0 Å². The zero-order valence-corrected chi connectivity index (χ0v) is 11.8. The highest BCUT2D eigenvalue weighted by Crippen LogP contribution is 2.19. The number of aromatic nitrogens is 1. The third-order valence-electron chi connectivity index (χ3n) is 2.78. The van der Waals surface area contributed by atoms with Crippen molar-refractivity contribution >= 4 is 17.3 Å². The van der Waals surface area contributed by atoms with Gasteiger partial charge in [-0.05, 0) is 36.4 Å². The maximum atomic E-state index is 11.7. The number of nitrogens with zero attached hydrogens (tertiary/aromatic N) is 1.